The molecule has 0 spiro atoms. The number of nitrogens with one attached hydrogen (secondary N) is 1. The number of carbonyl (C=O) groups excluding carboxylic acids is 1. The summed E-state index contributed by atoms with van der Waals surface area (Å²) in [5.41, 5.74) is 4.17. The Balaban J connectivity index is 1.45. The highest BCUT2D eigenvalue weighted by Crippen LogP contribution is 2.39. The van der Waals surface area contributed by atoms with Crippen LogP contribution in [0.3, 0.4) is 0 Å². The molecule has 0 bridgehead atoms. The van der Waals surface area contributed by atoms with E-state index in [0.717, 1.165) is 41.8 Å². The van der Waals surface area contributed by atoms with Gasteiger partial charge in [0.05, 0.1) is 4.90 Å². The highest BCUT2D eigenvalue weighted by Gasteiger charge is 2.38. The summed E-state index contributed by atoms with van der Waals surface area (Å²) in [6, 6.07) is 22.3. The summed E-state index contributed by atoms with van der Waals surface area (Å²) >= 11 is 0. The largest absolute Gasteiger partial charge is 0.361 e. The van der Waals surface area contributed by atoms with E-state index in [2.05, 4.69) is 5.32 Å². The molecule has 3 aromatic carbocycles. The number of aryl methyl sites for hydroxylation is 1. The van der Waals surface area contributed by atoms with Crippen LogP contribution in [0.15, 0.2) is 77.7 Å². The standard InChI is InChI=1S/C26H27N3O3S/c1-19-9-3-6-12-24(19)29-25(22-10-4-5-11-23(22)26(29)30)27-20-13-15-21(16-14-20)33(31,32)28-17-7-2-8-18-28/h3-6,9-16,25,27H,2,7-8,17-18H2,1H3/t25-/m0/s1. The molecule has 1 N–H and O–H groups in total. The number of sulfonamides is 1. The highest BCUT2D eigenvalue weighted by molar-refractivity contribution is 7.89. The first kappa shape index (κ1) is 21.7. The normalized spacial score (nSPS) is 18.9. The Hall–Kier alpha value is -3.16. The first-order valence-electron chi connectivity index (χ1n) is 11.3. The molecule has 5 rings (SSSR count). The third-order valence-corrected chi connectivity index (χ3v) is 8.36. The van der Waals surface area contributed by atoms with Crippen LogP contribution in [0, 0.1) is 6.92 Å². The Morgan fingerprint density at radius 1 is 0.848 bits per heavy atom. The zero-order chi connectivity index (χ0) is 23.0. The minimum absolute atomic E-state index is 0.0540. The van der Waals surface area contributed by atoms with Crippen LogP contribution in [0.1, 0.15) is 46.9 Å². The Morgan fingerprint density at radius 3 is 2.24 bits per heavy atom. The second-order valence-corrected chi connectivity index (χ2v) is 10.5. The van der Waals surface area contributed by atoms with Gasteiger partial charge in [0.15, 0.2) is 0 Å². The van der Waals surface area contributed by atoms with Crippen molar-refractivity contribution < 1.29 is 13.2 Å². The first-order valence-corrected chi connectivity index (χ1v) is 12.8. The Labute approximate surface area is 194 Å². The van der Waals surface area contributed by atoms with Crippen LogP contribution >= 0.6 is 0 Å². The van der Waals surface area contributed by atoms with Gasteiger partial charge in [-0.3, -0.25) is 9.69 Å². The summed E-state index contributed by atoms with van der Waals surface area (Å²) in [6.45, 7) is 3.15. The van der Waals surface area contributed by atoms with E-state index in [-0.39, 0.29) is 12.1 Å². The van der Waals surface area contributed by atoms with Crippen LogP contribution in [0.25, 0.3) is 0 Å². The van der Waals surface area contributed by atoms with Crippen molar-refractivity contribution >= 4 is 27.3 Å². The molecule has 1 atom stereocenters. The molecular formula is C26H27N3O3S. The van der Waals surface area contributed by atoms with Crippen LogP contribution in [-0.2, 0) is 10.0 Å². The monoisotopic (exact) mass is 461 g/mol. The van der Waals surface area contributed by atoms with Crippen molar-refractivity contribution in [2.75, 3.05) is 23.3 Å². The van der Waals surface area contributed by atoms with Crippen molar-refractivity contribution in [2.45, 2.75) is 37.2 Å². The Bertz CT molecular complexity index is 1280. The van der Waals surface area contributed by atoms with Crippen molar-refractivity contribution in [1.82, 2.24) is 4.31 Å². The Morgan fingerprint density at radius 2 is 1.52 bits per heavy atom. The van der Waals surface area contributed by atoms with Gasteiger partial charge in [0.2, 0.25) is 10.0 Å². The fourth-order valence-corrected chi connectivity index (χ4v) is 6.19. The topological polar surface area (TPSA) is 69.7 Å². The maximum absolute atomic E-state index is 13.3. The molecule has 0 unspecified atom stereocenters. The maximum Gasteiger partial charge on any atom is 0.260 e. The number of fused-ring (bicyclic) bond motifs is 1. The SMILES string of the molecule is Cc1ccccc1N1C(=O)c2ccccc2[C@H]1Nc1ccc(S(=O)(=O)N2CCCCC2)cc1. The van der Waals surface area contributed by atoms with E-state index in [0.29, 0.717) is 23.5 Å². The molecule has 1 fully saturated rings. The minimum Gasteiger partial charge on any atom is -0.361 e. The lowest BCUT2D eigenvalue weighted by Crippen LogP contribution is -2.35. The quantitative estimate of drug-likeness (QED) is 0.584. The average Bonchev–Trinajstić information content (AvgIpc) is 3.12. The van der Waals surface area contributed by atoms with Crippen LogP contribution < -0.4 is 10.2 Å². The van der Waals surface area contributed by atoms with Crippen molar-refractivity contribution in [2.24, 2.45) is 0 Å². The number of benzene rings is 3. The van der Waals surface area contributed by atoms with Gasteiger partial charge in [0, 0.05) is 35.6 Å². The number of hydrogen-bond acceptors (Lipinski definition) is 4. The third kappa shape index (κ3) is 3.92. The van der Waals surface area contributed by atoms with Crippen molar-refractivity contribution in [1.29, 1.82) is 0 Å². The van der Waals surface area contributed by atoms with Crippen LogP contribution in [-0.4, -0.2) is 31.7 Å². The fourth-order valence-electron chi connectivity index (χ4n) is 4.68. The molecular weight excluding hydrogens is 434 g/mol. The summed E-state index contributed by atoms with van der Waals surface area (Å²) in [6.07, 6.45) is 2.50. The molecule has 0 aliphatic carbocycles. The van der Waals surface area contributed by atoms with Crippen molar-refractivity contribution in [3.8, 4) is 0 Å². The molecule has 33 heavy (non-hydrogen) atoms. The zero-order valence-corrected chi connectivity index (χ0v) is 19.4. The predicted molar refractivity (Wildman–Crippen MR) is 130 cm³/mol. The first-order chi connectivity index (χ1) is 16.0. The maximum atomic E-state index is 13.3. The number of nitrogens with zero attached hydrogens (tertiary/aromatic N) is 2. The lowest BCUT2D eigenvalue weighted by atomic mass is 10.1. The number of hydrogen-bond donors (Lipinski definition) is 1. The van der Waals surface area contributed by atoms with E-state index in [9.17, 15) is 13.2 Å². The molecule has 2 heterocycles. The third-order valence-electron chi connectivity index (χ3n) is 6.45. The summed E-state index contributed by atoms with van der Waals surface area (Å²) in [5.74, 6) is -0.0540. The second-order valence-electron chi connectivity index (χ2n) is 8.58. The molecule has 3 aromatic rings. The number of carbonyl (C=O) groups is 1. The molecule has 7 heteroatoms. The Kier molecular flexibility index (Phi) is 5.68. The van der Waals surface area contributed by atoms with Gasteiger partial charge < -0.3 is 5.32 Å². The summed E-state index contributed by atoms with van der Waals surface area (Å²) in [4.78, 5) is 15.4. The summed E-state index contributed by atoms with van der Waals surface area (Å²) < 4.78 is 27.5. The minimum atomic E-state index is -3.48. The van der Waals surface area contributed by atoms with Gasteiger partial charge in [-0.2, -0.15) is 4.31 Å². The van der Waals surface area contributed by atoms with Crippen LogP contribution in [0.2, 0.25) is 0 Å². The number of rotatable bonds is 5. The molecule has 2 aliphatic heterocycles. The smallest absolute Gasteiger partial charge is 0.260 e. The molecule has 1 saturated heterocycles. The van der Waals surface area contributed by atoms with Gasteiger partial charge in [-0.1, -0.05) is 42.8 Å². The second kappa shape index (κ2) is 8.65. The van der Waals surface area contributed by atoms with Crippen molar-refractivity contribution in [3.63, 3.8) is 0 Å². The van der Waals surface area contributed by atoms with Gasteiger partial charge in [-0.05, 0) is 61.7 Å². The lowest BCUT2D eigenvalue weighted by Gasteiger charge is -2.29. The molecule has 0 radical (unpaired) electrons. The van der Waals surface area contributed by atoms with Crippen LogP contribution in [0.5, 0.6) is 0 Å². The highest BCUT2D eigenvalue weighted by atomic mass is 32.2. The number of para-hydroxylation sites is 1. The fraction of sp³-hybridized carbons (Fsp3) is 0.269. The number of piperidine rings is 1. The number of anilines is 2. The molecule has 6 nitrogen and oxygen atoms in total. The van der Waals surface area contributed by atoms with E-state index < -0.39 is 10.0 Å². The average molecular weight is 462 g/mol. The van der Waals surface area contributed by atoms with Gasteiger partial charge in [-0.15, -0.1) is 0 Å². The molecule has 170 valence electrons. The summed E-state index contributed by atoms with van der Waals surface area (Å²) in [5, 5.41) is 3.46. The van der Waals surface area contributed by atoms with Gasteiger partial charge in [-0.25, -0.2) is 8.42 Å². The molecule has 0 saturated carbocycles. The summed E-state index contributed by atoms with van der Waals surface area (Å²) in [7, 11) is -3.48. The van der Waals surface area contributed by atoms with Crippen molar-refractivity contribution in [3.05, 3.63) is 89.5 Å². The van der Waals surface area contributed by atoms with Gasteiger partial charge >= 0.3 is 0 Å². The van der Waals surface area contributed by atoms with E-state index in [1.165, 1.54) is 0 Å². The van der Waals surface area contributed by atoms with E-state index in [1.807, 2.05) is 55.5 Å². The van der Waals surface area contributed by atoms with Gasteiger partial charge in [0.1, 0.15) is 6.17 Å². The van der Waals surface area contributed by atoms with E-state index >= 15 is 0 Å². The number of amides is 1. The van der Waals surface area contributed by atoms with Gasteiger partial charge in [0.25, 0.3) is 5.91 Å². The molecule has 0 aromatic heterocycles. The zero-order valence-electron chi connectivity index (χ0n) is 18.6. The van der Waals surface area contributed by atoms with E-state index in [4.69, 9.17) is 0 Å². The van der Waals surface area contributed by atoms with E-state index in [1.54, 1.807) is 33.5 Å². The lowest BCUT2D eigenvalue weighted by molar-refractivity contribution is 0.0992. The molecule has 2 aliphatic rings. The van der Waals surface area contributed by atoms with Crippen LogP contribution in [0.4, 0.5) is 11.4 Å². The predicted octanol–water partition coefficient (Wildman–Crippen LogP) is 4.94. The molecule has 1 amide bonds.